The molecule has 0 bridgehead atoms. The van der Waals surface area contributed by atoms with Gasteiger partial charge in [0.25, 0.3) is 0 Å². The van der Waals surface area contributed by atoms with Crippen LogP contribution in [0.2, 0.25) is 0 Å². The molecule has 5 fully saturated rings. The van der Waals surface area contributed by atoms with Crippen LogP contribution in [-0.2, 0) is 9.47 Å². The molecule has 1 unspecified atom stereocenters. The van der Waals surface area contributed by atoms with Crippen molar-refractivity contribution in [1.82, 2.24) is 0 Å². The second-order valence-electron chi connectivity index (χ2n) is 12.7. The van der Waals surface area contributed by atoms with E-state index in [0.29, 0.717) is 34.7 Å². The predicted octanol–water partition coefficient (Wildman–Crippen LogP) is 5.71. The highest BCUT2D eigenvalue weighted by Gasteiger charge is 2.68. The highest BCUT2D eigenvalue weighted by Crippen LogP contribution is 2.70. The summed E-state index contributed by atoms with van der Waals surface area (Å²) in [6, 6.07) is 0. The van der Waals surface area contributed by atoms with Crippen LogP contribution in [0.25, 0.3) is 0 Å². The average molecular weight is 415 g/mol. The zero-order valence-corrected chi connectivity index (χ0v) is 19.5. The molecule has 0 aromatic carbocycles. The van der Waals surface area contributed by atoms with Gasteiger partial charge < -0.3 is 14.6 Å². The maximum absolute atomic E-state index is 10.3. The molecule has 0 amide bonds. The van der Waals surface area contributed by atoms with Crippen molar-refractivity contribution >= 4 is 0 Å². The van der Waals surface area contributed by atoms with Crippen molar-refractivity contribution in [3.05, 3.63) is 11.6 Å². The Balaban J connectivity index is 1.28. The summed E-state index contributed by atoms with van der Waals surface area (Å²) in [5, 5.41) is 10.3. The van der Waals surface area contributed by atoms with Crippen molar-refractivity contribution < 1.29 is 14.6 Å². The molecule has 0 radical (unpaired) electrons. The van der Waals surface area contributed by atoms with Crippen LogP contribution in [0.5, 0.6) is 0 Å². The van der Waals surface area contributed by atoms with Gasteiger partial charge in [-0.3, -0.25) is 0 Å². The number of hydrogen-bond donors (Lipinski definition) is 1. The van der Waals surface area contributed by atoms with Gasteiger partial charge in [-0.1, -0.05) is 39.3 Å². The van der Waals surface area contributed by atoms with E-state index >= 15 is 0 Å². The normalized spacial score (nSPS) is 59.8. The second-order valence-corrected chi connectivity index (χ2v) is 12.7. The Labute approximate surface area is 183 Å². The first-order valence-corrected chi connectivity index (χ1v) is 13.0. The smallest absolute Gasteiger partial charge is 0.171 e. The maximum Gasteiger partial charge on any atom is 0.171 e. The Morgan fingerprint density at radius 2 is 1.87 bits per heavy atom. The van der Waals surface area contributed by atoms with Gasteiger partial charge in [0.05, 0.1) is 18.8 Å². The number of ether oxygens (including phenoxy) is 2. The van der Waals surface area contributed by atoms with Crippen molar-refractivity contribution in [3.8, 4) is 0 Å². The number of hydrogen-bond acceptors (Lipinski definition) is 3. The van der Waals surface area contributed by atoms with Crippen molar-refractivity contribution in [1.29, 1.82) is 0 Å². The van der Waals surface area contributed by atoms with Gasteiger partial charge >= 0.3 is 0 Å². The standard InChI is InChI=1S/C27H42O3/c1-16-7-12-27(29-15-16)17(2)24-23(30-27)14-22-20-6-5-18-13-19(28)8-10-25(18,3)21(20)9-11-26(22,24)4/h5,16-17,19-24,28H,6-15H2,1-4H3/t16-,17+,19?,20+,21-,22-,23-,24-,25-,26-,27+/m0/s1. The lowest BCUT2D eigenvalue weighted by atomic mass is 9.47. The topological polar surface area (TPSA) is 38.7 Å². The first kappa shape index (κ1) is 20.2. The summed E-state index contributed by atoms with van der Waals surface area (Å²) in [5.41, 5.74) is 2.31. The average Bonchev–Trinajstić information content (AvgIpc) is 3.16. The van der Waals surface area contributed by atoms with Crippen LogP contribution in [0.4, 0.5) is 0 Å². The fourth-order valence-corrected chi connectivity index (χ4v) is 9.66. The van der Waals surface area contributed by atoms with Gasteiger partial charge in [-0.15, -0.1) is 0 Å². The quantitative estimate of drug-likeness (QED) is 0.516. The summed E-state index contributed by atoms with van der Waals surface area (Å²) in [4.78, 5) is 0. The van der Waals surface area contributed by atoms with Gasteiger partial charge in [-0.25, -0.2) is 0 Å². The van der Waals surface area contributed by atoms with Crippen LogP contribution in [0.15, 0.2) is 11.6 Å². The Morgan fingerprint density at radius 1 is 1.03 bits per heavy atom. The molecule has 1 spiro atoms. The van der Waals surface area contributed by atoms with E-state index in [2.05, 4.69) is 33.8 Å². The third-order valence-corrected chi connectivity index (χ3v) is 11.3. The minimum Gasteiger partial charge on any atom is -0.393 e. The third kappa shape index (κ3) is 2.55. The summed E-state index contributed by atoms with van der Waals surface area (Å²) in [5.74, 6) is 3.94. The Bertz CT molecular complexity index is 736. The molecule has 3 saturated carbocycles. The van der Waals surface area contributed by atoms with Crippen LogP contribution in [0.3, 0.4) is 0 Å². The minimum absolute atomic E-state index is 0.107. The molecule has 2 saturated heterocycles. The lowest BCUT2D eigenvalue weighted by Gasteiger charge is -2.58. The summed E-state index contributed by atoms with van der Waals surface area (Å²) in [6.45, 7) is 10.8. The fraction of sp³-hybridized carbons (Fsp3) is 0.926. The van der Waals surface area contributed by atoms with Crippen LogP contribution in [0.1, 0.15) is 85.5 Å². The zero-order chi connectivity index (χ0) is 20.9. The molecule has 2 aliphatic heterocycles. The van der Waals surface area contributed by atoms with E-state index < -0.39 is 0 Å². The molecule has 6 aliphatic rings. The molecular formula is C27H42O3. The summed E-state index contributed by atoms with van der Waals surface area (Å²) in [6.07, 6.45) is 13.5. The van der Waals surface area contributed by atoms with E-state index in [1.807, 2.05) is 0 Å². The molecule has 0 aromatic heterocycles. The third-order valence-electron chi connectivity index (χ3n) is 11.3. The molecule has 1 N–H and O–H groups in total. The summed E-state index contributed by atoms with van der Waals surface area (Å²) in [7, 11) is 0. The van der Waals surface area contributed by atoms with Crippen molar-refractivity contribution in [2.45, 2.75) is 103 Å². The number of fused-ring (bicyclic) bond motifs is 7. The highest BCUT2D eigenvalue weighted by molar-refractivity contribution is 5.26. The van der Waals surface area contributed by atoms with Gasteiger partial charge in [-0.05, 0) is 91.8 Å². The Morgan fingerprint density at radius 3 is 2.63 bits per heavy atom. The highest BCUT2D eigenvalue weighted by atomic mass is 16.7. The molecule has 2 heterocycles. The van der Waals surface area contributed by atoms with E-state index in [4.69, 9.17) is 9.47 Å². The first-order valence-electron chi connectivity index (χ1n) is 13.0. The predicted molar refractivity (Wildman–Crippen MR) is 118 cm³/mol. The van der Waals surface area contributed by atoms with Crippen LogP contribution >= 0.6 is 0 Å². The maximum atomic E-state index is 10.3. The molecular weight excluding hydrogens is 372 g/mol. The largest absolute Gasteiger partial charge is 0.393 e. The molecule has 6 rings (SSSR count). The number of aliphatic hydroxyl groups excluding tert-OH is 1. The molecule has 3 heteroatoms. The van der Waals surface area contributed by atoms with E-state index in [9.17, 15) is 5.11 Å². The van der Waals surface area contributed by atoms with Gasteiger partial charge in [0.1, 0.15) is 0 Å². The van der Waals surface area contributed by atoms with Gasteiger partial charge in [0.15, 0.2) is 5.79 Å². The number of allylic oxidation sites excluding steroid dienone is 1. The molecule has 30 heavy (non-hydrogen) atoms. The Hall–Kier alpha value is -0.380. The number of rotatable bonds is 0. The van der Waals surface area contributed by atoms with Gasteiger partial charge in [0.2, 0.25) is 0 Å². The monoisotopic (exact) mass is 414 g/mol. The molecule has 168 valence electrons. The molecule has 11 atom stereocenters. The molecule has 3 nitrogen and oxygen atoms in total. The molecule has 4 aliphatic carbocycles. The number of aliphatic hydroxyl groups is 1. The van der Waals surface area contributed by atoms with Gasteiger partial charge in [0, 0.05) is 12.3 Å². The van der Waals surface area contributed by atoms with E-state index in [-0.39, 0.29) is 11.9 Å². The van der Waals surface area contributed by atoms with Crippen LogP contribution in [-0.4, -0.2) is 29.7 Å². The van der Waals surface area contributed by atoms with Crippen LogP contribution in [0, 0.1) is 46.3 Å². The minimum atomic E-state index is -0.294. The lowest BCUT2D eigenvalue weighted by Crippen LogP contribution is -2.52. The van der Waals surface area contributed by atoms with Crippen molar-refractivity contribution in [2.75, 3.05) is 6.61 Å². The fourth-order valence-electron chi connectivity index (χ4n) is 9.66. The van der Waals surface area contributed by atoms with E-state index in [1.54, 1.807) is 5.57 Å². The van der Waals surface area contributed by atoms with Crippen molar-refractivity contribution in [3.63, 3.8) is 0 Å². The summed E-state index contributed by atoms with van der Waals surface area (Å²) < 4.78 is 13.3. The lowest BCUT2D eigenvalue weighted by molar-refractivity contribution is -0.272. The summed E-state index contributed by atoms with van der Waals surface area (Å²) >= 11 is 0. The van der Waals surface area contributed by atoms with E-state index in [0.717, 1.165) is 43.6 Å². The SMILES string of the molecule is C[C@H]1CC[C@@]2(OC1)O[C@H]1C[C@H]3[C@@H]4CC=C5CC(O)CC[C@]5(C)[C@H]4CC[C@]3(C)[C@H]1[C@H]2C. The molecule has 0 aromatic rings. The first-order chi connectivity index (χ1) is 14.3. The second kappa shape index (κ2) is 6.58. The van der Waals surface area contributed by atoms with Gasteiger partial charge in [-0.2, -0.15) is 0 Å². The van der Waals surface area contributed by atoms with Crippen molar-refractivity contribution in [2.24, 2.45) is 46.3 Å². The zero-order valence-electron chi connectivity index (χ0n) is 19.5. The van der Waals surface area contributed by atoms with E-state index in [1.165, 1.54) is 38.5 Å². The Kier molecular flexibility index (Phi) is 4.44. The van der Waals surface area contributed by atoms with Crippen LogP contribution < -0.4 is 0 Å².